The molecule has 41 heavy (non-hydrogen) atoms. The van der Waals surface area contributed by atoms with E-state index in [4.69, 9.17) is 0 Å². The Kier molecular flexibility index (Phi) is 6.35. The van der Waals surface area contributed by atoms with Crippen LogP contribution in [-0.4, -0.2) is 74.8 Å². The van der Waals surface area contributed by atoms with E-state index < -0.39 is 11.8 Å². The number of aliphatic hydroxyl groups is 1. The third-order valence-electron chi connectivity index (χ3n) is 8.38. The second-order valence-electron chi connectivity index (χ2n) is 11.3. The van der Waals surface area contributed by atoms with Gasteiger partial charge in [0.2, 0.25) is 0 Å². The molecular weight excluding hydrogens is 528 g/mol. The quantitative estimate of drug-likeness (QED) is 0.330. The summed E-state index contributed by atoms with van der Waals surface area (Å²) in [6.07, 6.45) is 6.36. The molecule has 1 aromatic carbocycles. The molecule has 6 heterocycles. The van der Waals surface area contributed by atoms with E-state index in [0.29, 0.717) is 68.3 Å². The second-order valence-corrected chi connectivity index (χ2v) is 11.3. The summed E-state index contributed by atoms with van der Waals surface area (Å²) in [7, 11) is 0. The van der Waals surface area contributed by atoms with Gasteiger partial charge in [0.15, 0.2) is 0 Å². The van der Waals surface area contributed by atoms with Crippen molar-refractivity contribution >= 4 is 28.7 Å². The number of imidazole rings is 1. The topological polar surface area (TPSA) is 98.0 Å². The van der Waals surface area contributed by atoms with Crippen LogP contribution in [0.25, 0.3) is 16.9 Å². The molecule has 7 rings (SSSR count). The molecule has 0 spiro atoms. The highest BCUT2D eigenvalue weighted by Crippen LogP contribution is 2.36. The van der Waals surface area contributed by atoms with Crippen molar-refractivity contribution in [2.75, 3.05) is 42.9 Å². The van der Waals surface area contributed by atoms with Crippen molar-refractivity contribution < 1.29 is 18.7 Å². The van der Waals surface area contributed by atoms with Gasteiger partial charge in [0.25, 0.3) is 5.91 Å². The molecule has 0 aliphatic carbocycles. The van der Waals surface area contributed by atoms with E-state index in [9.17, 15) is 18.7 Å². The number of carbonyl (C=O) groups is 1. The van der Waals surface area contributed by atoms with E-state index in [1.54, 1.807) is 23.0 Å². The highest BCUT2D eigenvalue weighted by Gasteiger charge is 2.37. The van der Waals surface area contributed by atoms with E-state index >= 15 is 0 Å². The number of halogens is 2. The van der Waals surface area contributed by atoms with E-state index in [2.05, 4.69) is 25.5 Å². The number of rotatable bonds is 6. The number of nitrogens with one attached hydrogen (secondary N) is 2. The van der Waals surface area contributed by atoms with Crippen molar-refractivity contribution in [2.24, 2.45) is 0 Å². The van der Waals surface area contributed by atoms with Crippen molar-refractivity contribution in [2.45, 2.75) is 37.6 Å². The smallest absolute Gasteiger partial charge is 0.254 e. The van der Waals surface area contributed by atoms with Crippen LogP contribution in [0.2, 0.25) is 0 Å². The molecule has 1 amide bonds. The van der Waals surface area contributed by atoms with Gasteiger partial charge in [0, 0.05) is 57.1 Å². The van der Waals surface area contributed by atoms with E-state index in [1.165, 1.54) is 12.1 Å². The number of aromatic nitrogens is 3. The van der Waals surface area contributed by atoms with Crippen LogP contribution in [0.4, 0.5) is 26.0 Å². The van der Waals surface area contributed by atoms with Crippen molar-refractivity contribution in [3.8, 4) is 11.3 Å². The van der Waals surface area contributed by atoms with Gasteiger partial charge < -0.3 is 20.6 Å². The van der Waals surface area contributed by atoms with Gasteiger partial charge in [-0.3, -0.25) is 14.1 Å². The summed E-state index contributed by atoms with van der Waals surface area (Å²) < 4.78 is 29.1. The number of benzene rings is 1. The summed E-state index contributed by atoms with van der Waals surface area (Å²) in [6.45, 7) is 3.22. The normalized spacial score (nSPS) is 22.8. The summed E-state index contributed by atoms with van der Waals surface area (Å²) in [5, 5.41) is 17.5. The number of nitrogens with zero attached hydrogens (tertiary/aromatic N) is 5. The summed E-state index contributed by atoms with van der Waals surface area (Å²) in [4.78, 5) is 26.0. The number of β-amino-alcohol motifs (C(OH)–C–C–N with tert-alkyl or cyclic N) is 1. The van der Waals surface area contributed by atoms with Crippen LogP contribution in [0.1, 0.15) is 35.2 Å². The van der Waals surface area contributed by atoms with Crippen molar-refractivity contribution in [1.82, 2.24) is 24.6 Å². The van der Waals surface area contributed by atoms with E-state index in [0.717, 1.165) is 35.5 Å². The molecule has 9 nitrogen and oxygen atoms in total. The average Bonchev–Trinajstić information content (AvgIpc) is 3.67. The van der Waals surface area contributed by atoms with Crippen LogP contribution in [0.15, 0.2) is 55.0 Å². The molecule has 3 aliphatic rings. The fraction of sp³-hybridized carbons (Fsp3) is 0.367. The van der Waals surface area contributed by atoms with Crippen LogP contribution in [0.5, 0.6) is 0 Å². The van der Waals surface area contributed by atoms with Crippen LogP contribution in [-0.2, 0) is 6.54 Å². The third kappa shape index (κ3) is 4.89. The predicted octanol–water partition coefficient (Wildman–Crippen LogP) is 3.90. The van der Waals surface area contributed by atoms with Crippen molar-refractivity contribution in [3.63, 3.8) is 0 Å². The maximum absolute atomic E-state index is 13.7. The van der Waals surface area contributed by atoms with Gasteiger partial charge in [0.05, 0.1) is 40.6 Å². The Balaban J connectivity index is 1.10. The summed E-state index contributed by atoms with van der Waals surface area (Å²) in [5.41, 5.74) is 4.16. The lowest BCUT2D eigenvalue weighted by atomic mass is 9.92. The molecule has 1 unspecified atom stereocenters. The molecule has 0 bridgehead atoms. The number of likely N-dealkylation sites (tertiary alicyclic amines) is 1. The Labute approximate surface area is 235 Å². The Morgan fingerprint density at radius 1 is 1.15 bits per heavy atom. The lowest BCUT2D eigenvalue weighted by Crippen LogP contribution is -2.54. The highest BCUT2D eigenvalue weighted by molar-refractivity contribution is 6.06. The Morgan fingerprint density at radius 2 is 2.05 bits per heavy atom. The largest absolute Gasteiger partial charge is 0.387 e. The molecule has 212 valence electrons. The average molecular weight is 560 g/mol. The zero-order valence-corrected chi connectivity index (χ0v) is 22.5. The molecule has 11 heteroatoms. The number of pyridine rings is 2. The summed E-state index contributed by atoms with van der Waals surface area (Å²) in [5.74, 6) is 0.0571. The maximum Gasteiger partial charge on any atom is 0.254 e. The van der Waals surface area contributed by atoms with Crippen LogP contribution >= 0.6 is 0 Å². The lowest BCUT2D eigenvalue weighted by Gasteiger charge is -2.42. The van der Waals surface area contributed by atoms with Gasteiger partial charge in [-0.15, -0.1) is 0 Å². The first kappa shape index (κ1) is 25.8. The first-order valence-corrected chi connectivity index (χ1v) is 14.0. The van der Waals surface area contributed by atoms with Crippen LogP contribution in [0, 0.1) is 5.82 Å². The van der Waals surface area contributed by atoms with Crippen molar-refractivity contribution in [3.05, 3.63) is 71.9 Å². The second kappa shape index (κ2) is 10.1. The highest BCUT2D eigenvalue weighted by atomic mass is 19.1. The SMILES string of the molecule is O=C1NCc2c(-c3cnc4cc(F)ccn34)ccc(Nc3ccc(N4CCCC(O)(CN5CC[C@H](F)C5)C4)cn3)c21. The molecule has 2 saturated heterocycles. The molecule has 4 aromatic rings. The Morgan fingerprint density at radius 3 is 2.85 bits per heavy atom. The maximum atomic E-state index is 13.7. The van der Waals surface area contributed by atoms with Gasteiger partial charge in [-0.1, -0.05) is 6.07 Å². The van der Waals surface area contributed by atoms with Crippen LogP contribution < -0.4 is 15.5 Å². The van der Waals surface area contributed by atoms with Gasteiger partial charge >= 0.3 is 0 Å². The zero-order chi connectivity index (χ0) is 28.1. The van der Waals surface area contributed by atoms with Crippen molar-refractivity contribution in [1.29, 1.82) is 0 Å². The molecule has 3 aromatic heterocycles. The predicted molar refractivity (Wildman–Crippen MR) is 152 cm³/mol. The number of alkyl halides is 1. The number of hydrogen-bond donors (Lipinski definition) is 3. The molecule has 3 aliphatic heterocycles. The number of amides is 1. The monoisotopic (exact) mass is 559 g/mol. The van der Waals surface area contributed by atoms with Crippen LogP contribution in [0.3, 0.4) is 0 Å². The van der Waals surface area contributed by atoms with Gasteiger partial charge in [-0.25, -0.2) is 18.7 Å². The van der Waals surface area contributed by atoms with Gasteiger partial charge in [-0.05, 0) is 49.1 Å². The Hall–Kier alpha value is -4.09. The molecule has 3 N–H and O–H groups in total. The number of fused-ring (bicyclic) bond motifs is 2. The standard InChI is InChI=1S/C30H31F2N7O2/c31-19-7-11-39-25(15-34-27(39)12-19)22-3-4-24(28-23(22)14-35-29(28)40)36-26-5-2-21(13-33-26)38-9-1-8-30(41,18-38)17-37-10-6-20(32)16-37/h2-5,7,11-13,15,20,41H,1,6,8-10,14,16-18H2,(H,33,36)(H,35,40)/t20-,30?/m0/s1. The van der Waals surface area contributed by atoms with Gasteiger partial charge in [-0.2, -0.15) is 0 Å². The van der Waals surface area contributed by atoms with Gasteiger partial charge in [0.1, 0.15) is 23.5 Å². The third-order valence-corrected chi connectivity index (χ3v) is 8.38. The molecule has 0 saturated carbocycles. The first-order chi connectivity index (χ1) is 19.8. The molecule has 2 atom stereocenters. The minimum Gasteiger partial charge on any atom is -0.387 e. The number of hydrogen-bond acceptors (Lipinski definition) is 7. The zero-order valence-electron chi connectivity index (χ0n) is 22.5. The number of piperidine rings is 1. The fourth-order valence-electron chi connectivity index (χ4n) is 6.44. The fourth-order valence-corrected chi connectivity index (χ4v) is 6.44. The Bertz CT molecular complexity index is 1630. The van der Waals surface area contributed by atoms with E-state index in [-0.39, 0.29) is 11.7 Å². The molecule has 2 fully saturated rings. The summed E-state index contributed by atoms with van der Waals surface area (Å²) >= 11 is 0. The molecular formula is C30H31F2N7O2. The summed E-state index contributed by atoms with van der Waals surface area (Å²) in [6, 6.07) is 10.4. The minimum atomic E-state index is -0.885. The van der Waals surface area contributed by atoms with E-state index in [1.807, 2.05) is 29.2 Å². The first-order valence-electron chi connectivity index (χ1n) is 14.0. The number of anilines is 3. The minimum absolute atomic E-state index is 0.175. The molecule has 0 radical (unpaired) electrons. The number of carbonyl (C=O) groups excluding carboxylic acids is 1. The lowest BCUT2D eigenvalue weighted by molar-refractivity contribution is -0.00332.